The lowest BCUT2D eigenvalue weighted by atomic mass is 9.91. The highest BCUT2D eigenvalue weighted by Crippen LogP contribution is 2.23. The van der Waals surface area contributed by atoms with Crippen LogP contribution in [0, 0.1) is 5.92 Å². The molecule has 1 fully saturated rings. The summed E-state index contributed by atoms with van der Waals surface area (Å²) in [5.41, 5.74) is 2.92. The Hall–Kier alpha value is -2.75. The normalized spacial score (nSPS) is 17.6. The van der Waals surface area contributed by atoms with Gasteiger partial charge in [-0.3, -0.25) is 14.8 Å². The molecule has 0 spiro atoms. The quantitative estimate of drug-likeness (QED) is 0.735. The molecule has 0 N–H and O–H groups in total. The van der Waals surface area contributed by atoms with Gasteiger partial charge in [-0.05, 0) is 61.1 Å². The Bertz CT molecular complexity index is 878. The number of piperidine rings is 1. The van der Waals surface area contributed by atoms with E-state index in [9.17, 15) is 4.79 Å². The summed E-state index contributed by atoms with van der Waals surface area (Å²) in [7, 11) is 0. The van der Waals surface area contributed by atoms with Crippen molar-refractivity contribution in [1.82, 2.24) is 14.9 Å². The van der Waals surface area contributed by atoms with Gasteiger partial charge in [-0.25, -0.2) is 0 Å². The summed E-state index contributed by atoms with van der Waals surface area (Å²) in [5, 5.41) is 1.01. The van der Waals surface area contributed by atoms with Gasteiger partial charge in [-0.1, -0.05) is 12.1 Å². The molecular weight excluding hydrogens is 310 g/mol. The van der Waals surface area contributed by atoms with Crippen LogP contribution in [0.2, 0.25) is 0 Å². The van der Waals surface area contributed by atoms with Gasteiger partial charge in [0.15, 0.2) is 0 Å². The number of pyridine rings is 2. The number of benzene rings is 1. The van der Waals surface area contributed by atoms with Crippen LogP contribution in [0.25, 0.3) is 10.9 Å². The second-order valence-electron chi connectivity index (χ2n) is 6.74. The molecule has 1 aliphatic rings. The minimum Gasteiger partial charge on any atom is -0.338 e. The molecule has 3 aromatic rings. The van der Waals surface area contributed by atoms with Crippen LogP contribution in [0.1, 0.15) is 28.8 Å². The van der Waals surface area contributed by atoms with Gasteiger partial charge in [0.05, 0.1) is 5.52 Å². The van der Waals surface area contributed by atoms with Gasteiger partial charge in [0.1, 0.15) is 0 Å². The summed E-state index contributed by atoms with van der Waals surface area (Å²) in [6, 6.07) is 13.8. The van der Waals surface area contributed by atoms with Crippen LogP contribution < -0.4 is 0 Å². The van der Waals surface area contributed by atoms with Crippen molar-refractivity contribution >= 4 is 16.8 Å². The zero-order chi connectivity index (χ0) is 17.1. The zero-order valence-electron chi connectivity index (χ0n) is 14.1. The Labute approximate surface area is 147 Å². The van der Waals surface area contributed by atoms with Crippen molar-refractivity contribution in [2.75, 3.05) is 13.1 Å². The molecule has 25 heavy (non-hydrogen) atoms. The molecule has 1 saturated heterocycles. The highest BCUT2D eigenvalue weighted by Gasteiger charge is 2.24. The Morgan fingerprint density at radius 2 is 2.08 bits per heavy atom. The van der Waals surface area contributed by atoms with E-state index in [1.54, 1.807) is 12.4 Å². The minimum absolute atomic E-state index is 0.127. The molecule has 126 valence electrons. The number of fused-ring (bicyclic) bond motifs is 1. The van der Waals surface area contributed by atoms with Crippen molar-refractivity contribution in [3.63, 3.8) is 0 Å². The van der Waals surface area contributed by atoms with Crippen molar-refractivity contribution in [3.05, 3.63) is 72.2 Å². The minimum atomic E-state index is 0.127. The molecule has 4 heteroatoms. The predicted molar refractivity (Wildman–Crippen MR) is 98.3 cm³/mol. The first-order chi connectivity index (χ1) is 12.3. The van der Waals surface area contributed by atoms with E-state index in [-0.39, 0.29) is 5.91 Å². The first-order valence-electron chi connectivity index (χ1n) is 8.82. The van der Waals surface area contributed by atoms with E-state index in [0.717, 1.165) is 42.4 Å². The number of carbonyl (C=O) groups excluding carboxylic acids is 1. The van der Waals surface area contributed by atoms with Crippen LogP contribution >= 0.6 is 0 Å². The van der Waals surface area contributed by atoms with Gasteiger partial charge >= 0.3 is 0 Å². The molecule has 0 saturated carbocycles. The fourth-order valence-electron chi connectivity index (χ4n) is 3.66. The highest BCUT2D eigenvalue weighted by molar-refractivity contribution is 5.98. The summed E-state index contributed by atoms with van der Waals surface area (Å²) < 4.78 is 0. The summed E-state index contributed by atoms with van der Waals surface area (Å²) in [5.74, 6) is 0.630. The Morgan fingerprint density at radius 3 is 2.96 bits per heavy atom. The van der Waals surface area contributed by atoms with Gasteiger partial charge in [-0.15, -0.1) is 0 Å². The smallest absolute Gasteiger partial charge is 0.253 e. The lowest BCUT2D eigenvalue weighted by Gasteiger charge is -2.33. The lowest BCUT2D eigenvalue weighted by molar-refractivity contribution is 0.0673. The molecule has 1 atom stereocenters. The molecular formula is C21H21N3O. The van der Waals surface area contributed by atoms with Crippen LogP contribution in [0.4, 0.5) is 0 Å². The van der Waals surface area contributed by atoms with Gasteiger partial charge < -0.3 is 4.90 Å². The maximum absolute atomic E-state index is 12.9. The number of amides is 1. The molecule has 0 aliphatic carbocycles. The Morgan fingerprint density at radius 1 is 1.16 bits per heavy atom. The summed E-state index contributed by atoms with van der Waals surface area (Å²) in [4.78, 5) is 23.5. The number of hydrogen-bond donors (Lipinski definition) is 0. The van der Waals surface area contributed by atoms with E-state index in [1.807, 2.05) is 47.5 Å². The van der Waals surface area contributed by atoms with Gasteiger partial charge in [0.25, 0.3) is 5.91 Å². The lowest BCUT2D eigenvalue weighted by Crippen LogP contribution is -2.40. The average molecular weight is 331 g/mol. The molecule has 0 radical (unpaired) electrons. The van der Waals surface area contributed by atoms with Crippen LogP contribution in [0.3, 0.4) is 0 Å². The molecule has 1 aromatic carbocycles. The van der Waals surface area contributed by atoms with Gasteiger partial charge in [0, 0.05) is 42.6 Å². The summed E-state index contributed by atoms with van der Waals surface area (Å²) in [6.45, 7) is 1.66. The molecule has 0 bridgehead atoms. The van der Waals surface area contributed by atoms with Crippen molar-refractivity contribution in [2.45, 2.75) is 19.3 Å². The highest BCUT2D eigenvalue weighted by atomic mass is 16.2. The SMILES string of the molecule is O=C(c1ccc2ncccc2c1)N1CCC[C@@H](Cc2cccnc2)C1. The van der Waals surface area contributed by atoms with Crippen molar-refractivity contribution in [2.24, 2.45) is 5.92 Å². The average Bonchev–Trinajstić information content (AvgIpc) is 2.68. The van der Waals surface area contributed by atoms with Gasteiger partial charge in [-0.2, -0.15) is 0 Å². The van der Waals surface area contributed by atoms with E-state index in [2.05, 4.69) is 16.0 Å². The number of likely N-dealkylation sites (tertiary alicyclic amines) is 1. The number of rotatable bonds is 3. The maximum Gasteiger partial charge on any atom is 0.253 e. The third-order valence-electron chi connectivity index (χ3n) is 4.90. The van der Waals surface area contributed by atoms with Crippen LogP contribution in [0.5, 0.6) is 0 Å². The van der Waals surface area contributed by atoms with Crippen molar-refractivity contribution < 1.29 is 4.79 Å². The molecule has 3 heterocycles. The second-order valence-corrected chi connectivity index (χ2v) is 6.74. The first kappa shape index (κ1) is 15.8. The second kappa shape index (κ2) is 7.01. The maximum atomic E-state index is 12.9. The molecule has 4 nitrogen and oxygen atoms in total. The summed E-state index contributed by atoms with van der Waals surface area (Å²) >= 11 is 0. The van der Waals surface area contributed by atoms with E-state index in [4.69, 9.17) is 0 Å². The molecule has 1 aliphatic heterocycles. The Balaban J connectivity index is 1.49. The molecule has 2 aromatic heterocycles. The van der Waals surface area contributed by atoms with Crippen LogP contribution in [-0.2, 0) is 6.42 Å². The number of nitrogens with zero attached hydrogens (tertiary/aromatic N) is 3. The van der Waals surface area contributed by atoms with E-state index >= 15 is 0 Å². The monoisotopic (exact) mass is 331 g/mol. The van der Waals surface area contributed by atoms with Crippen LogP contribution in [0.15, 0.2) is 61.1 Å². The number of carbonyl (C=O) groups is 1. The fourth-order valence-corrected chi connectivity index (χ4v) is 3.66. The third-order valence-corrected chi connectivity index (χ3v) is 4.90. The topological polar surface area (TPSA) is 46.1 Å². The predicted octanol–water partition coefficient (Wildman–Crippen LogP) is 3.72. The number of aromatic nitrogens is 2. The third kappa shape index (κ3) is 3.53. The molecule has 0 unspecified atom stereocenters. The number of hydrogen-bond acceptors (Lipinski definition) is 3. The standard InChI is InChI=1S/C21H21N3O/c25-21(19-7-8-20-18(13-19)6-2-10-23-20)24-11-3-5-17(15-24)12-16-4-1-9-22-14-16/h1-2,4,6-10,13-14,17H,3,5,11-12,15H2/t17-/m0/s1. The van der Waals surface area contributed by atoms with Crippen molar-refractivity contribution in [3.8, 4) is 0 Å². The zero-order valence-corrected chi connectivity index (χ0v) is 14.1. The van der Waals surface area contributed by atoms with Crippen LogP contribution in [-0.4, -0.2) is 33.9 Å². The van der Waals surface area contributed by atoms with Gasteiger partial charge in [0.2, 0.25) is 0 Å². The van der Waals surface area contributed by atoms with Crippen molar-refractivity contribution in [1.29, 1.82) is 0 Å². The Kier molecular flexibility index (Phi) is 4.42. The molecule has 1 amide bonds. The molecule has 4 rings (SSSR count). The fraction of sp³-hybridized carbons (Fsp3) is 0.286. The largest absolute Gasteiger partial charge is 0.338 e. The van der Waals surface area contributed by atoms with E-state index in [0.29, 0.717) is 5.92 Å². The van der Waals surface area contributed by atoms with E-state index in [1.165, 1.54) is 12.0 Å². The van der Waals surface area contributed by atoms with E-state index < -0.39 is 0 Å². The first-order valence-corrected chi connectivity index (χ1v) is 8.82. The summed E-state index contributed by atoms with van der Waals surface area (Å²) in [6.07, 6.45) is 8.72.